The molecule has 70 valence electrons. The molecule has 2 heteroatoms. The predicted octanol–water partition coefficient (Wildman–Crippen LogP) is 2.73. The molecular formula is C11H15NO. The number of anilines is 1. The Labute approximate surface area is 78.9 Å². The lowest BCUT2D eigenvalue weighted by Crippen LogP contribution is -1.91. The number of rotatable bonds is 4. The van der Waals surface area contributed by atoms with E-state index in [-0.39, 0.29) is 5.76 Å². The molecule has 0 unspecified atom stereocenters. The van der Waals surface area contributed by atoms with Crippen molar-refractivity contribution in [2.75, 3.05) is 12.4 Å². The van der Waals surface area contributed by atoms with Crippen LogP contribution in [-0.4, -0.2) is 12.2 Å². The lowest BCUT2D eigenvalue weighted by molar-refractivity contribution is 0.391. The Hall–Kier alpha value is -1.44. The summed E-state index contributed by atoms with van der Waals surface area (Å²) in [6.07, 6.45) is 1.47. The summed E-state index contributed by atoms with van der Waals surface area (Å²) in [6, 6.07) is 8.13. The van der Waals surface area contributed by atoms with Gasteiger partial charge in [-0.25, -0.2) is 0 Å². The second-order valence-corrected chi connectivity index (χ2v) is 3.02. The molecule has 0 saturated heterocycles. The Morgan fingerprint density at radius 1 is 1.54 bits per heavy atom. The van der Waals surface area contributed by atoms with Crippen LogP contribution >= 0.6 is 0 Å². The first-order chi connectivity index (χ1) is 6.22. The summed E-state index contributed by atoms with van der Waals surface area (Å²) >= 11 is 0. The highest BCUT2D eigenvalue weighted by atomic mass is 16.3. The predicted molar refractivity (Wildman–Crippen MR) is 56.1 cm³/mol. The molecule has 0 fully saturated rings. The van der Waals surface area contributed by atoms with Gasteiger partial charge in [-0.15, -0.1) is 0 Å². The largest absolute Gasteiger partial charge is 0.513 e. The van der Waals surface area contributed by atoms with Gasteiger partial charge in [-0.05, 0) is 24.1 Å². The number of aliphatic hydroxyl groups is 1. The Morgan fingerprint density at radius 2 is 2.31 bits per heavy atom. The van der Waals surface area contributed by atoms with Crippen molar-refractivity contribution < 1.29 is 5.11 Å². The van der Waals surface area contributed by atoms with Gasteiger partial charge in [-0.1, -0.05) is 18.7 Å². The summed E-state index contributed by atoms with van der Waals surface area (Å²) in [5, 5.41) is 12.0. The molecule has 13 heavy (non-hydrogen) atoms. The van der Waals surface area contributed by atoms with Crippen molar-refractivity contribution in [3.63, 3.8) is 0 Å². The lowest BCUT2D eigenvalue weighted by atomic mass is 10.1. The summed E-state index contributed by atoms with van der Waals surface area (Å²) in [5.74, 6) is 0.245. The number of aryl methyl sites for hydroxylation is 1. The third kappa shape index (κ3) is 3.20. The summed E-state index contributed by atoms with van der Waals surface area (Å²) in [5.41, 5.74) is 2.31. The van der Waals surface area contributed by atoms with E-state index in [9.17, 15) is 0 Å². The van der Waals surface area contributed by atoms with E-state index in [0.29, 0.717) is 6.42 Å². The van der Waals surface area contributed by atoms with E-state index in [4.69, 9.17) is 5.11 Å². The minimum Gasteiger partial charge on any atom is -0.513 e. The van der Waals surface area contributed by atoms with Crippen molar-refractivity contribution in [2.45, 2.75) is 12.8 Å². The van der Waals surface area contributed by atoms with Crippen molar-refractivity contribution in [1.29, 1.82) is 0 Å². The fourth-order valence-electron chi connectivity index (χ4n) is 1.17. The van der Waals surface area contributed by atoms with Crippen LogP contribution < -0.4 is 5.32 Å². The van der Waals surface area contributed by atoms with Gasteiger partial charge in [0.15, 0.2) is 0 Å². The minimum absolute atomic E-state index is 0.245. The van der Waals surface area contributed by atoms with Gasteiger partial charge in [0.25, 0.3) is 0 Å². The molecule has 0 aliphatic carbocycles. The Balaban J connectivity index is 2.61. The van der Waals surface area contributed by atoms with Gasteiger partial charge in [-0.3, -0.25) is 0 Å². The van der Waals surface area contributed by atoms with Gasteiger partial charge in [-0.2, -0.15) is 0 Å². The number of hydrogen-bond acceptors (Lipinski definition) is 2. The smallest absolute Gasteiger partial charge is 0.0854 e. The van der Waals surface area contributed by atoms with Gasteiger partial charge >= 0.3 is 0 Å². The van der Waals surface area contributed by atoms with Crippen LogP contribution in [0.2, 0.25) is 0 Å². The van der Waals surface area contributed by atoms with Crippen LogP contribution in [0.25, 0.3) is 0 Å². The van der Waals surface area contributed by atoms with Crippen molar-refractivity contribution in [1.82, 2.24) is 0 Å². The number of aliphatic hydroxyl groups excluding tert-OH is 1. The normalized spacial score (nSPS) is 9.62. The quantitative estimate of drug-likeness (QED) is 0.693. The molecule has 0 aromatic heterocycles. The molecule has 0 heterocycles. The molecule has 0 atom stereocenters. The number of benzene rings is 1. The van der Waals surface area contributed by atoms with Crippen molar-refractivity contribution in [2.24, 2.45) is 0 Å². The fourth-order valence-corrected chi connectivity index (χ4v) is 1.17. The molecular weight excluding hydrogens is 162 g/mol. The fraction of sp³-hybridized carbons (Fsp3) is 0.273. The monoisotopic (exact) mass is 177 g/mol. The highest BCUT2D eigenvalue weighted by Crippen LogP contribution is 2.12. The van der Waals surface area contributed by atoms with Crippen LogP contribution in [0.1, 0.15) is 12.0 Å². The van der Waals surface area contributed by atoms with E-state index in [1.807, 2.05) is 25.2 Å². The number of nitrogens with one attached hydrogen (secondary N) is 1. The van der Waals surface area contributed by atoms with E-state index >= 15 is 0 Å². The molecule has 1 aromatic rings. The zero-order valence-corrected chi connectivity index (χ0v) is 7.88. The van der Waals surface area contributed by atoms with Crippen LogP contribution in [0.5, 0.6) is 0 Å². The van der Waals surface area contributed by atoms with Gasteiger partial charge in [0.1, 0.15) is 0 Å². The topological polar surface area (TPSA) is 32.3 Å². The van der Waals surface area contributed by atoms with Crippen molar-refractivity contribution in [3.8, 4) is 0 Å². The third-order valence-corrected chi connectivity index (χ3v) is 1.92. The van der Waals surface area contributed by atoms with Crippen LogP contribution in [0.4, 0.5) is 5.69 Å². The van der Waals surface area contributed by atoms with Crippen LogP contribution in [0.3, 0.4) is 0 Å². The summed E-state index contributed by atoms with van der Waals surface area (Å²) in [4.78, 5) is 0. The molecule has 0 bridgehead atoms. The second kappa shape index (κ2) is 4.55. The van der Waals surface area contributed by atoms with Gasteiger partial charge < -0.3 is 10.4 Å². The van der Waals surface area contributed by atoms with Crippen LogP contribution in [0.15, 0.2) is 36.6 Å². The molecule has 1 aromatic carbocycles. The van der Waals surface area contributed by atoms with E-state index in [0.717, 1.165) is 12.1 Å². The molecule has 0 radical (unpaired) electrons. The van der Waals surface area contributed by atoms with E-state index in [1.54, 1.807) is 0 Å². The van der Waals surface area contributed by atoms with Gasteiger partial charge in [0, 0.05) is 19.2 Å². The third-order valence-electron chi connectivity index (χ3n) is 1.92. The molecule has 1 rings (SSSR count). The lowest BCUT2D eigenvalue weighted by Gasteiger charge is -2.03. The average Bonchev–Trinajstić information content (AvgIpc) is 2.15. The Bertz CT molecular complexity index is 294. The standard InChI is InChI=1S/C11H15NO/c1-9(13)6-7-10-4-3-5-11(8-10)12-2/h3-5,8,12-13H,1,6-7H2,2H3. The average molecular weight is 177 g/mol. The van der Waals surface area contributed by atoms with Crippen LogP contribution in [0, 0.1) is 0 Å². The van der Waals surface area contributed by atoms with Gasteiger partial charge in [0.05, 0.1) is 5.76 Å². The Morgan fingerprint density at radius 3 is 2.92 bits per heavy atom. The first-order valence-electron chi connectivity index (χ1n) is 4.36. The zero-order valence-electron chi connectivity index (χ0n) is 7.88. The first-order valence-corrected chi connectivity index (χ1v) is 4.36. The van der Waals surface area contributed by atoms with E-state index < -0.39 is 0 Å². The summed E-state index contributed by atoms with van der Waals surface area (Å²) < 4.78 is 0. The summed E-state index contributed by atoms with van der Waals surface area (Å²) in [7, 11) is 1.89. The molecule has 0 aliphatic rings. The summed E-state index contributed by atoms with van der Waals surface area (Å²) in [6.45, 7) is 3.45. The van der Waals surface area contributed by atoms with Crippen molar-refractivity contribution in [3.05, 3.63) is 42.2 Å². The zero-order chi connectivity index (χ0) is 9.68. The molecule has 2 N–H and O–H groups in total. The van der Waals surface area contributed by atoms with Crippen molar-refractivity contribution >= 4 is 5.69 Å². The molecule has 0 spiro atoms. The highest BCUT2D eigenvalue weighted by molar-refractivity contribution is 5.45. The molecule has 0 saturated carbocycles. The minimum atomic E-state index is 0.245. The van der Waals surface area contributed by atoms with Crippen LogP contribution in [-0.2, 0) is 6.42 Å². The van der Waals surface area contributed by atoms with E-state index in [1.165, 1.54) is 5.56 Å². The molecule has 0 aliphatic heterocycles. The molecule has 0 amide bonds. The second-order valence-electron chi connectivity index (χ2n) is 3.02. The van der Waals surface area contributed by atoms with Gasteiger partial charge in [0.2, 0.25) is 0 Å². The maximum atomic E-state index is 8.93. The number of hydrogen-bond donors (Lipinski definition) is 2. The molecule has 2 nitrogen and oxygen atoms in total. The SMILES string of the molecule is C=C(O)CCc1cccc(NC)c1. The maximum absolute atomic E-state index is 8.93. The maximum Gasteiger partial charge on any atom is 0.0854 e. The highest BCUT2D eigenvalue weighted by Gasteiger charge is 1.95. The first kappa shape index (κ1) is 9.65. The Kier molecular flexibility index (Phi) is 3.38. The van der Waals surface area contributed by atoms with E-state index in [2.05, 4.69) is 18.0 Å². The number of allylic oxidation sites excluding steroid dienone is 1.